The summed E-state index contributed by atoms with van der Waals surface area (Å²) < 4.78 is 72.0. The van der Waals surface area contributed by atoms with E-state index in [9.17, 15) is 18.3 Å². The van der Waals surface area contributed by atoms with Crippen LogP contribution < -0.4 is 24.8 Å². The van der Waals surface area contributed by atoms with Crippen LogP contribution in [-0.4, -0.2) is 114 Å². The van der Waals surface area contributed by atoms with E-state index >= 15 is 4.39 Å². The lowest BCUT2D eigenvalue weighted by Crippen LogP contribution is -2.68. The van der Waals surface area contributed by atoms with Gasteiger partial charge in [0.15, 0.2) is 38.8 Å². The van der Waals surface area contributed by atoms with E-state index in [1.54, 1.807) is 24.3 Å². The quantitative estimate of drug-likeness (QED) is 0.0223. The lowest BCUT2D eigenvalue weighted by Gasteiger charge is -2.45. The largest absolute Gasteiger partial charge is 0.491 e. The molecule has 1 unspecified atom stereocenters. The van der Waals surface area contributed by atoms with Gasteiger partial charge < -0.3 is 23.9 Å². The monoisotopic (exact) mass is 1240 g/mol. The van der Waals surface area contributed by atoms with Gasteiger partial charge in [-0.3, -0.25) is 13.7 Å². The molecule has 21 heteroatoms. The average molecular weight is 1240 g/mol. The number of benzene rings is 5. The van der Waals surface area contributed by atoms with E-state index in [-0.39, 0.29) is 42.5 Å². The Morgan fingerprint density at radius 3 is 2.18 bits per heavy atom. The number of carboxylic acid groups (broad SMARTS) is 1. The number of carboxylic acids is 1. The highest BCUT2D eigenvalue weighted by Crippen LogP contribution is 2.39. The summed E-state index contributed by atoms with van der Waals surface area (Å²) in [7, 11) is -5.04. The Kier molecular flexibility index (Phi) is 21.7. The first-order valence-corrected chi connectivity index (χ1v) is 37.0. The summed E-state index contributed by atoms with van der Waals surface area (Å²) in [6.07, 6.45) is 0.532. The van der Waals surface area contributed by atoms with Gasteiger partial charge in [0.05, 0.1) is 41.0 Å². The zero-order valence-corrected chi connectivity index (χ0v) is 54.5. The van der Waals surface area contributed by atoms with Crippen LogP contribution in [0.2, 0.25) is 30.7 Å². The van der Waals surface area contributed by atoms with Crippen molar-refractivity contribution in [1.29, 1.82) is 0 Å². The van der Waals surface area contributed by atoms with E-state index < -0.39 is 49.4 Å². The molecule has 3 heterocycles. The number of thiazole rings is 2. The highest BCUT2D eigenvalue weighted by atomic mass is 32.2. The molecule has 5 aromatic carbocycles. The molecule has 0 radical (unpaired) electrons. The summed E-state index contributed by atoms with van der Waals surface area (Å²) in [5, 5.41) is 22.1. The number of aryl methyl sites for hydroxylation is 3. The van der Waals surface area contributed by atoms with Crippen molar-refractivity contribution >= 4 is 92.5 Å². The maximum Gasteiger partial charge on any atom is 0.355 e. The summed E-state index contributed by atoms with van der Waals surface area (Å²) in [6, 6.07) is 42.4. The first kappa shape index (κ1) is 64.3. The highest BCUT2D eigenvalue weighted by Gasteiger charge is 2.51. The van der Waals surface area contributed by atoms with E-state index in [1.165, 1.54) is 40.9 Å². The van der Waals surface area contributed by atoms with Crippen LogP contribution in [0.1, 0.15) is 72.1 Å². The van der Waals surface area contributed by atoms with Crippen LogP contribution in [0.4, 0.5) is 21.2 Å². The van der Waals surface area contributed by atoms with E-state index in [2.05, 4.69) is 93.2 Å². The number of fused-ring (bicyclic) bond motifs is 1. The molecule has 0 saturated heterocycles. The van der Waals surface area contributed by atoms with Crippen molar-refractivity contribution in [3.63, 3.8) is 0 Å². The second kappa shape index (κ2) is 28.7. The van der Waals surface area contributed by atoms with Gasteiger partial charge in [0.25, 0.3) is 18.4 Å². The van der Waals surface area contributed by atoms with E-state index in [0.29, 0.717) is 76.7 Å². The Morgan fingerprint density at radius 1 is 0.859 bits per heavy atom. The molecular formula is C64H76FN7O8S3Si2. The van der Waals surface area contributed by atoms with Crippen LogP contribution in [0.25, 0.3) is 10.2 Å². The fraction of sp³-hybridized carbons (Fsp3) is 0.359. The Bertz CT molecular complexity index is 3760. The van der Waals surface area contributed by atoms with E-state index in [1.807, 2.05) is 92.3 Å². The maximum absolute atomic E-state index is 15.2. The van der Waals surface area contributed by atoms with Gasteiger partial charge in [-0.25, -0.2) is 14.2 Å². The third kappa shape index (κ3) is 16.8. The molecule has 0 aliphatic carbocycles. The zero-order valence-electron chi connectivity index (χ0n) is 50.1. The normalized spacial score (nSPS) is 12.8. The molecule has 0 aliphatic rings. The molecule has 1 N–H and O–H groups in total. The van der Waals surface area contributed by atoms with Gasteiger partial charge in [-0.15, -0.1) is 21.5 Å². The third-order valence-corrected chi connectivity index (χ3v) is 24.4. The van der Waals surface area contributed by atoms with Gasteiger partial charge in [-0.05, 0) is 129 Å². The number of carbonyl (C=O) groups is 1. The molecule has 448 valence electrons. The number of aromatic nitrogens is 4. The van der Waals surface area contributed by atoms with Crippen molar-refractivity contribution in [3.05, 3.63) is 171 Å². The van der Waals surface area contributed by atoms with Crippen LogP contribution in [0.3, 0.4) is 0 Å². The summed E-state index contributed by atoms with van der Waals surface area (Å²) >= 11 is 2.74. The molecule has 1 atom stereocenters. The number of halogens is 1. The summed E-state index contributed by atoms with van der Waals surface area (Å²) in [5.74, 6) is 5.08. The number of aromatic carboxylic acids is 1. The van der Waals surface area contributed by atoms with Crippen molar-refractivity contribution in [2.45, 2.75) is 109 Å². The number of anilines is 2. The van der Waals surface area contributed by atoms with E-state index in [0.717, 1.165) is 32.2 Å². The average Bonchev–Trinajstić information content (AvgIpc) is 1.90. The number of rotatable bonds is 27. The maximum atomic E-state index is 15.2. The molecule has 85 heavy (non-hydrogen) atoms. The first-order valence-electron chi connectivity index (χ1n) is 28.4. The van der Waals surface area contributed by atoms with Crippen LogP contribution in [-0.2, 0) is 36.6 Å². The number of hydrogen-bond acceptors (Lipinski definition) is 15. The lowest BCUT2D eigenvalue weighted by atomic mass is 10.2. The number of para-hydroxylation sites is 1. The predicted octanol–water partition coefficient (Wildman–Crippen LogP) is 12.1. The lowest BCUT2D eigenvalue weighted by molar-refractivity contribution is 0.0690. The number of ether oxygens (including phenoxy) is 2. The number of nitrogens with zero attached hydrogens (tertiary/aromatic N) is 7. The van der Waals surface area contributed by atoms with Gasteiger partial charge in [-0.1, -0.05) is 154 Å². The van der Waals surface area contributed by atoms with Crippen molar-refractivity contribution < 1.29 is 40.8 Å². The highest BCUT2D eigenvalue weighted by molar-refractivity contribution is 7.86. The van der Waals surface area contributed by atoms with Crippen molar-refractivity contribution in [2.75, 3.05) is 51.9 Å². The second-order valence-corrected chi connectivity index (χ2v) is 37.0. The van der Waals surface area contributed by atoms with Crippen LogP contribution in [0.15, 0.2) is 143 Å². The minimum absolute atomic E-state index is 0.0359. The molecule has 15 nitrogen and oxygen atoms in total. The molecular weight excluding hydrogens is 1170 g/mol. The summed E-state index contributed by atoms with van der Waals surface area (Å²) in [6.45, 7) is 18.8. The van der Waals surface area contributed by atoms with Crippen LogP contribution in [0.5, 0.6) is 5.75 Å². The fourth-order valence-corrected chi connectivity index (χ4v) is 18.1. The molecule has 0 bridgehead atoms. The van der Waals surface area contributed by atoms with Crippen molar-refractivity contribution in [1.82, 2.24) is 24.6 Å². The van der Waals surface area contributed by atoms with Gasteiger partial charge >= 0.3 is 5.97 Å². The topological polar surface area (TPSA) is 171 Å². The first-order chi connectivity index (χ1) is 40.5. The van der Waals surface area contributed by atoms with Crippen LogP contribution >= 0.6 is 22.7 Å². The SMILES string of the molecule is Cc1ccc(S(=O)(=O)OCC(CCCN(c2cc(C)c(N=c3sc4ccccc4n3COCC[Si](C)(C)C)nn2)c2nc(C(=O)O)c(CCCOc3ccc(C#CCN(C)C)cc3F)s2)O[Si](c2ccccc2)(c2ccccc2)C(C)(C)C)cc1. The fourth-order valence-electron chi connectivity index (χ4n) is 9.61. The Balaban J connectivity index is 1.14. The molecule has 0 fully saturated rings. The minimum atomic E-state index is -4.23. The van der Waals surface area contributed by atoms with Gasteiger partial charge in [0.1, 0.15) is 6.73 Å². The molecule has 0 spiro atoms. The summed E-state index contributed by atoms with van der Waals surface area (Å²) in [5.41, 5.74) is 3.01. The van der Waals surface area contributed by atoms with Crippen molar-refractivity contribution in [2.24, 2.45) is 4.99 Å². The van der Waals surface area contributed by atoms with Gasteiger partial charge in [0, 0.05) is 31.7 Å². The standard InChI is InChI=1S/C64H76FN7O8S3Si2/c1-46-31-34-50(35-32-46)83(75,76)79-44-49(80-85(64(3,4)5,51-24-13-11-14-25-51)52-26-15-12-16-27-52)23-20-38-71(62-66-59(61(73)74)57(82-62)30-21-39-78-55-36-33-48(43-53(55)65)22-19-37-70(6)7)58-42-47(2)60(69-68-58)67-63-72(45-77-40-41-84(8,9)10)54-28-17-18-29-56(54)81-63/h11-18,24-29,31-36,42-43,49H,20-21,23,30,37-41,44-45H2,1-10H3,(H,73,74). The Hall–Kier alpha value is -6.72. The molecule has 0 aliphatic heterocycles. The minimum Gasteiger partial charge on any atom is -0.491 e. The molecule has 8 aromatic rings. The molecule has 3 aromatic heterocycles. The van der Waals surface area contributed by atoms with Gasteiger partial charge in [-0.2, -0.15) is 13.4 Å². The number of hydrogen-bond donors (Lipinski definition) is 1. The summed E-state index contributed by atoms with van der Waals surface area (Å²) in [4.78, 5) is 27.9. The zero-order chi connectivity index (χ0) is 60.9. The molecule has 8 rings (SSSR count). The van der Waals surface area contributed by atoms with Crippen LogP contribution in [0, 0.1) is 31.5 Å². The van der Waals surface area contributed by atoms with Crippen molar-refractivity contribution in [3.8, 4) is 17.6 Å². The second-order valence-electron chi connectivity index (χ2n) is 23.4. The van der Waals surface area contributed by atoms with Gasteiger partial charge in [0.2, 0.25) is 0 Å². The Labute approximate surface area is 509 Å². The smallest absolute Gasteiger partial charge is 0.355 e. The molecule has 0 amide bonds. The van der Waals surface area contributed by atoms with E-state index in [4.69, 9.17) is 38.3 Å². The third-order valence-electron chi connectivity index (χ3n) is 14.1. The predicted molar refractivity (Wildman–Crippen MR) is 344 cm³/mol. The molecule has 0 saturated carbocycles. The Morgan fingerprint density at radius 2 is 1.54 bits per heavy atom.